The summed E-state index contributed by atoms with van der Waals surface area (Å²) in [5.74, 6) is 1.46. The van der Waals surface area contributed by atoms with Crippen molar-refractivity contribution in [2.45, 2.75) is 57.4 Å². The molecule has 2 bridgehead atoms. The molecule has 140 valence electrons. The minimum atomic E-state index is 0.00255. The molecule has 5 heteroatoms. The second-order valence-electron chi connectivity index (χ2n) is 8.26. The number of fused-ring (bicyclic) bond motifs is 4. The van der Waals surface area contributed by atoms with E-state index in [4.69, 9.17) is 0 Å². The molecule has 1 aromatic rings. The molecular formula is C21H29N3O2. The first kappa shape index (κ1) is 17.5. The van der Waals surface area contributed by atoms with E-state index in [2.05, 4.69) is 9.88 Å². The minimum absolute atomic E-state index is 0.00255. The van der Waals surface area contributed by atoms with Crippen molar-refractivity contribution in [1.29, 1.82) is 0 Å². The number of hydrogen-bond donors (Lipinski definition) is 0. The summed E-state index contributed by atoms with van der Waals surface area (Å²) in [5.41, 5.74) is 0.507. The molecule has 4 heterocycles. The van der Waals surface area contributed by atoms with Gasteiger partial charge in [0, 0.05) is 38.3 Å². The fraction of sp³-hybridized carbons (Fsp3) is 0.667. The Morgan fingerprint density at radius 2 is 1.88 bits per heavy atom. The lowest BCUT2D eigenvalue weighted by Crippen LogP contribution is -2.47. The molecular weight excluding hydrogens is 326 g/mol. The summed E-state index contributed by atoms with van der Waals surface area (Å²) >= 11 is 0. The van der Waals surface area contributed by atoms with Gasteiger partial charge in [-0.2, -0.15) is 0 Å². The molecule has 0 aromatic carbocycles. The molecule has 0 spiro atoms. The van der Waals surface area contributed by atoms with Gasteiger partial charge in [0.1, 0.15) is 5.69 Å². The predicted molar refractivity (Wildman–Crippen MR) is 99.6 cm³/mol. The number of aromatic nitrogens is 1. The van der Waals surface area contributed by atoms with Crippen LogP contribution in [-0.2, 0) is 4.79 Å². The molecule has 0 unspecified atom stereocenters. The second kappa shape index (κ2) is 7.77. The van der Waals surface area contributed by atoms with Crippen molar-refractivity contribution < 1.29 is 9.59 Å². The Labute approximate surface area is 155 Å². The summed E-state index contributed by atoms with van der Waals surface area (Å²) < 4.78 is 0. The van der Waals surface area contributed by atoms with Gasteiger partial charge in [-0.1, -0.05) is 31.7 Å². The molecule has 3 saturated heterocycles. The number of amides is 2. The minimum Gasteiger partial charge on any atom is -0.338 e. The Morgan fingerprint density at radius 3 is 2.65 bits per heavy atom. The highest BCUT2D eigenvalue weighted by molar-refractivity contribution is 5.92. The van der Waals surface area contributed by atoms with Gasteiger partial charge in [0.05, 0.1) is 0 Å². The van der Waals surface area contributed by atoms with Gasteiger partial charge in [0.15, 0.2) is 0 Å². The molecule has 2 atom stereocenters. The SMILES string of the molecule is O=C(c1ccccn1)N1C[C@@H]2CC[C@H](C1)N(C(=O)CCC1CCCC1)C2. The lowest BCUT2D eigenvalue weighted by atomic mass is 9.94. The van der Waals surface area contributed by atoms with Crippen molar-refractivity contribution in [2.75, 3.05) is 19.6 Å². The second-order valence-corrected chi connectivity index (χ2v) is 8.26. The summed E-state index contributed by atoms with van der Waals surface area (Å²) in [6.07, 6.45) is 10.8. The van der Waals surface area contributed by atoms with Crippen molar-refractivity contribution in [1.82, 2.24) is 14.8 Å². The van der Waals surface area contributed by atoms with E-state index >= 15 is 0 Å². The zero-order valence-electron chi connectivity index (χ0n) is 15.5. The number of rotatable bonds is 4. The van der Waals surface area contributed by atoms with E-state index in [0.29, 0.717) is 30.5 Å². The lowest BCUT2D eigenvalue weighted by Gasteiger charge is -2.36. The summed E-state index contributed by atoms with van der Waals surface area (Å²) in [6.45, 7) is 2.22. The molecule has 0 radical (unpaired) electrons. The maximum absolute atomic E-state index is 12.9. The van der Waals surface area contributed by atoms with Gasteiger partial charge in [-0.05, 0) is 43.2 Å². The first-order valence-electron chi connectivity index (χ1n) is 10.2. The number of pyridine rings is 1. The van der Waals surface area contributed by atoms with Crippen LogP contribution in [0.2, 0.25) is 0 Å². The summed E-state index contributed by atoms with van der Waals surface area (Å²) in [5, 5.41) is 0. The predicted octanol–water partition coefficient (Wildman–Crippen LogP) is 3.12. The van der Waals surface area contributed by atoms with Crippen molar-refractivity contribution in [3.05, 3.63) is 30.1 Å². The number of piperidine rings is 1. The maximum atomic E-state index is 12.9. The Morgan fingerprint density at radius 1 is 1.04 bits per heavy atom. The average Bonchev–Trinajstić information content (AvgIpc) is 3.04. The van der Waals surface area contributed by atoms with Crippen LogP contribution < -0.4 is 0 Å². The van der Waals surface area contributed by atoms with E-state index in [0.717, 1.165) is 38.3 Å². The highest BCUT2D eigenvalue weighted by atomic mass is 16.2. The number of carbonyl (C=O) groups excluding carboxylic acids is 2. The van der Waals surface area contributed by atoms with Gasteiger partial charge in [-0.25, -0.2) is 0 Å². The van der Waals surface area contributed by atoms with Crippen molar-refractivity contribution >= 4 is 11.8 Å². The molecule has 1 aliphatic carbocycles. The summed E-state index contributed by atoms with van der Waals surface area (Å²) in [6, 6.07) is 5.64. The number of carbonyl (C=O) groups is 2. The van der Waals surface area contributed by atoms with Crippen LogP contribution in [0.25, 0.3) is 0 Å². The van der Waals surface area contributed by atoms with Crippen LogP contribution in [0.5, 0.6) is 0 Å². The molecule has 5 rings (SSSR count). The topological polar surface area (TPSA) is 53.5 Å². The van der Waals surface area contributed by atoms with Crippen LogP contribution in [0.15, 0.2) is 24.4 Å². The van der Waals surface area contributed by atoms with Gasteiger partial charge in [-0.15, -0.1) is 0 Å². The summed E-state index contributed by atoms with van der Waals surface area (Å²) in [4.78, 5) is 33.9. The van der Waals surface area contributed by atoms with Crippen molar-refractivity contribution in [3.8, 4) is 0 Å². The highest BCUT2D eigenvalue weighted by Crippen LogP contribution is 2.32. The highest BCUT2D eigenvalue weighted by Gasteiger charge is 2.38. The zero-order chi connectivity index (χ0) is 17.9. The maximum Gasteiger partial charge on any atom is 0.272 e. The molecule has 3 aliphatic heterocycles. The third-order valence-electron chi connectivity index (χ3n) is 6.45. The van der Waals surface area contributed by atoms with Gasteiger partial charge < -0.3 is 9.80 Å². The van der Waals surface area contributed by atoms with Crippen LogP contribution in [0.3, 0.4) is 0 Å². The van der Waals surface area contributed by atoms with E-state index in [1.165, 1.54) is 25.7 Å². The quantitative estimate of drug-likeness (QED) is 0.834. The van der Waals surface area contributed by atoms with E-state index in [9.17, 15) is 9.59 Å². The van der Waals surface area contributed by atoms with Crippen LogP contribution in [0.4, 0.5) is 0 Å². The average molecular weight is 355 g/mol. The molecule has 1 aromatic heterocycles. The van der Waals surface area contributed by atoms with Crippen LogP contribution in [0.1, 0.15) is 61.9 Å². The first-order chi connectivity index (χ1) is 12.7. The third-order valence-corrected chi connectivity index (χ3v) is 6.45. The van der Waals surface area contributed by atoms with Crippen LogP contribution in [-0.4, -0.2) is 52.3 Å². The van der Waals surface area contributed by atoms with E-state index in [1.807, 2.05) is 17.0 Å². The van der Waals surface area contributed by atoms with E-state index < -0.39 is 0 Å². The molecule has 0 N–H and O–H groups in total. The van der Waals surface area contributed by atoms with Gasteiger partial charge >= 0.3 is 0 Å². The largest absolute Gasteiger partial charge is 0.338 e. The molecule has 2 amide bonds. The molecule has 1 saturated carbocycles. The normalized spacial score (nSPS) is 26.2. The fourth-order valence-electron chi connectivity index (χ4n) is 4.97. The number of nitrogens with zero attached hydrogens (tertiary/aromatic N) is 3. The van der Waals surface area contributed by atoms with E-state index in [1.54, 1.807) is 12.3 Å². The summed E-state index contributed by atoms with van der Waals surface area (Å²) in [7, 11) is 0. The molecule has 26 heavy (non-hydrogen) atoms. The standard InChI is InChI=1S/C21H29N3O2/c25-20(11-9-16-5-1-2-6-16)24-14-17-8-10-18(24)15-23(13-17)21(26)19-7-3-4-12-22-19/h3-4,7,12,16-18H,1-2,5-6,8-11,13-15H2/t17-,18+/m0/s1. The van der Waals surface area contributed by atoms with Gasteiger partial charge in [0.25, 0.3) is 5.91 Å². The zero-order valence-corrected chi connectivity index (χ0v) is 15.5. The van der Waals surface area contributed by atoms with E-state index in [-0.39, 0.29) is 11.9 Å². The lowest BCUT2D eigenvalue weighted by molar-refractivity contribution is -0.135. The first-order valence-corrected chi connectivity index (χ1v) is 10.2. The number of hydrogen-bond acceptors (Lipinski definition) is 3. The smallest absolute Gasteiger partial charge is 0.272 e. The fourth-order valence-corrected chi connectivity index (χ4v) is 4.97. The van der Waals surface area contributed by atoms with Crippen molar-refractivity contribution in [3.63, 3.8) is 0 Å². The van der Waals surface area contributed by atoms with Crippen LogP contribution >= 0.6 is 0 Å². The Bertz CT molecular complexity index is 642. The Hall–Kier alpha value is -1.91. The van der Waals surface area contributed by atoms with Crippen LogP contribution in [0, 0.1) is 11.8 Å². The molecule has 5 nitrogen and oxygen atoms in total. The third kappa shape index (κ3) is 3.76. The van der Waals surface area contributed by atoms with Gasteiger partial charge in [0.2, 0.25) is 5.91 Å². The van der Waals surface area contributed by atoms with Crippen molar-refractivity contribution in [2.24, 2.45) is 11.8 Å². The monoisotopic (exact) mass is 355 g/mol. The Balaban J connectivity index is 1.39. The molecule has 4 aliphatic rings. The Kier molecular flexibility index (Phi) is 5.23. The molecule has 4 fully saturated rings. The van der Waals surface area contributed by atoms with Gasteiger partial charge in [-0.3, -0.25) is 14.6 Å².